The number of carbonyl (C=O) groups is 1. The van der Waals surface area contributed by atoms with Gasteiger partial charge < -0.3 is 10.0 Å². The monoisotopic (exact) mass is 777 g/mol. The van der Waals surface area contributed by atoms with Gasteiger partial charge in [0.05, 0.1) is 27.4 Å². The summed E-state index contributed by atoms with van der Waals surface area (Å²) in [7, 11) is -18.9. The third kappa shape index (κ3) is 8.01. The highest BCUT2D eigenvalue weighted by Gasteiger charge is 2.49. The summed E-state index contributed by atoms with van der Waals surface area (Å²) in [6.45, 7) is 6.55. The van der Waals surface area contributed by atoms with Crippen molar-refractivity contribution in [2.24, 2.45) is 0 Å². The molecule has 0 radical (unpaired) electrons. The molecule has 16 nitrogen and oxygen atoms in total. The first kappa shape index (κ1) is 39.3. The molecule has 2 aliphatic rings. The Bertz CT molecular complexity index is 2300. The van der Waals surface area contributed by atoms with Crippen molar-refractivity contribution >= 4 is 63.5 Å². The van der Waals surface area contributed by atoms with E-state index in [2.05, 4.69) is 0 Å². The van der Waals surface area contributed by atoms with Crippen LogP contribution in [-0.4, -0.2) is 97.8 Å². The molecule has 0 unspecified atom stereocenters. The van der Waals surface area contributed by atoms with E-state index in [9.17, 15) is 61.8 Å². The Labute approximate surface area is 290 Å². The summed E-state index contributed by atoms with van der Waals surface area (Å²) >= 11 is 0. The fraction of sp³-hybridized carbons (Fsp3) is 0.400. The number of allylic oxidation sites excluding steroid dienone is 4. The molecule has 0 atom stereocenters. The van der Waals surface area contributed by atoms with Gasteiger partial charge in [-0.15, -0.1) is 0 Å². The molecule has 4 rings (SSSR count). The number of nitrogens with zero attached hydrogens (tertiary/aromatic N) is 2. The standard InChI is InChI=1S/C30H36N2O14S4/c1-29(2)21-17-19(49(41,42)43)18-23(50(44,45)46)27(21)32(14-8-16-48(38,39)40)24(29)11-6-12-25-30(3,4)26-20(28(33)34)9-5-10-22(26)31(25)13-7-15-47(35,36)37/h5-6,9-12,17-18H,7-8,13-16H2,1-4H3,(H4-,33,34,35,36,37,38,39,40,41,42,43,44,45,46)/p+1. The van der Waals surface area contributed by atoms with Crippen molar-refractivity contribution in [3.8, 4) is 0 Å². The normalized spacial score (nSPS) is 18.2. The summed E-state index contributed by atoms with van der Waals surface area (Å²) in [5.41, 5.74) is -0.590. The molecule has 274 valence electrons. The van der Waals surface area contributed by atoms with Gasteiger partial charge in [0.15, 0.2) is 10.6 Å². The van der Waals surface area contributed by atoms with Gasteiger partial charge in [0.25, 0.3) is 30.4 Å². The Kier molecular flexibility index (Phi) is 10.4. The molecule has 2 aliphatic heterocycles. The Balaban J connectivity index is 1.94. The first-order chi connectivity index (χ1) is 22.7. The molecule has 2 aromatic rings. The van der Waals surface area contributed by atoms with Crippen molar-refractivity contribution in [2.45, 2.75) is 61.2 Å². The third-order valence-corrected chi connectivity index (χ3v) is 12.0. The number of carboxylic acid groups (broad SMARTS) is 1. The van der Waals surface area contributed by atoms with Crippen molar-refractivity contribution in [3.05, 3.63) is 70.9 Å². The highest BCUT2D eigenvalue weighted by Crippen LogP contribution is 2.50. The lowest BCUT2D eigenvalue weighted by molar-refractivity contribution is -0.440. The first-order valence-electron chi connectivity index (χ1n) is 14.9. The van der Waals surface area contributed by atoms with Crippen LogP contribution in [0.25, 0.3) is 0 Å². The summed E-state index contributed by atoms with van der Waals surface area (Å²) in [5.74, 6) is -2.47. The summed E-state index contributed by atoms with van der Waals surface area (Å²) in [6.07, 6.45) is 4.42. The van der Waals surface area contributed by atoms with Crippen molar-refractivity contribution in [1.82, 2.24) is 0 Å². The topological polar surface area (TPSA) is 261 Å². The van der Waals surface area contributed by atoms with E-state index in [0.29, 0.717) is 23.0 Å². The summed E-state index contributed by atoms with van der Waals surface area (Å²) in [4.78, 5) is 12.2. The van der Waals surface area contributed by atoms with E-state index in [0.717, 1.165) is 6.07 Å². The largest absolute Gasteiger partial charge is 0.478 e. The minimum Gasteiger partial charge on any atom is -0.478 e. The quantitative estimate of drug-likeness (QED) is 0.145. The highest BCUT2D eigenvalue weighted by atomic mass is 32.2. The Morgan fingerprint density at radius 1 is 0.840 bits per heavy atom. The number of carboxylic acids is 1. The van der Waals surface area contributed by atoms with E-state index in [-0.39, 0.29) is 48.5 Å². The molecule has 50 heavy (non-hydrogen) atoms. The van der Waals surface area contributed by atoms with Gasteiger partial charge in [0, 0.05) is 47.0 Å². The number of aromatic carboxylic acids is 1. The molecule has 20 heteroatoms. The second-order valence-corrected chi connectivity index (χ2v) is 18.9. The van der Waals surface area contributed by atoms with Gasteiger partial charge in [-0.05, 0) is 50.6 Å². The van der Waals surface area contributed by atoms with Crippen LogP contribution in [0.3, 0.4) is 0 Å². The van der Waals surface area contributed by atoms with Crippen molar-refractivity contribution in [2.75, 3.05) is 29.5 Å². The van der Waals surface area contributed by atoms with Crippen molar-refractivity contribution < 1.29 is 66.4 Å². The van der Waals surface area contributed by atoms with Crippen molar-refractivity contribution in [3.63, 3.8) is 0 Å². The Morgan fingerprint density at radius 3 is 1.98 bits per heavy atom. The molecular formula is C30H37N2O14S4+. The van der Waals surface area contributed by atoms with Gasteiger partial charge in [0.1, 0.15) is 6.54 Å². The first-order valence-corrected chi connectivity index (χ1v) is 21.0. The lowest BCUT2D eigenvalue weighted by Gasteiger charge is -2.27. The fourth-order valence-corrected chi connectivity index (χ4v) is 8.92. The Morgan fingerprint density at radius 2 is 1.44 bits per heavy atom. The van der Waals surface area contributed by atoms with Crippen LogP contribution in [0, 0.1) is 0 Å². The van der Waals surface area contributed by atoms with Gasteiger partial charge in [-0.2, -0.15) is 38.2 Å². The van der Waals surface area contributed by atoms with E-state index in [4.69, 9.17) is 0 Å². The number of anilines is 1. The lowest BCUT2D eigenvalue weighted by Crippen LogP contribution is -2.29. The molecule has 2 heterocycles. The number of hydrogen-bond acceptors (Lipinski definition) is 10. The average molecular weight is 778 g/mol. The average Bonchev–Trinajstić information content (AvgIpc) is 3.29. The van der Waals surface area contributed by atoms with Gasteiger partial charge in [0.2, 0.25) is 5.69 Å². The van der Waals surface area contributed by atoms with Gasteiger partial charge in [-0.3, -0.25) is 18.2 Å². The molecule has 0 fully saturated rings. The molecular weight excluding hydrogens is 741 g/mol. The molecule has 0 bridgehead atoms. The summed E-state index contributed by atoms with van der Waals surface area (Å²) in [5, 5.41) is 9.96. The maximum absolute atomic E-state index is 12.6. The molecule has 0 saturated heterocycles. The summed E-state index contributed by atoms with van der Waals surface area (Å²) < 4.78 is 135. The second kappa shape index (κ2) is 13.2. The maximum Gasteiger partial charge on any atom is 0.336 e. The zero-order valence-corrected chi connectivity index (χ0v) is 30.6. The number of hydrogen-bond donors (Lipinski definition) is 5. The van der Waals surface area contributed by atoms with Crippen LogP contribution in [0.15, 0.2) is 64.0 Å². The predicted octanol–water partition coefficient (Wildman–Crippen LogP) is 3.05. The molecule has 0 saturated carbocycles. The number of rotatable bonds is 13. The van der Waals surface area contributed by atoms with E-state index in [1.54, 1.807) is 50.8 Å². The minimum absolute atomic E-state index is 0.0128. The van der Waals surface area contributed by atoms with Crippen LogP contribution in [0.4, 0.5) is 11.4 Å². The van der Waals surface area contributed by atoms with Gasteiger partial charge in [-0.25, -0.2) is 4.79 Å². The van der Waals surface area contributed by atoms with Crippen LogP contribution in [-0.2, 0) is 51.3 Å². The third-order valence-electron chi connectivity index (χ3n) is 8.69. The van der Waals surface area contributed by atoms with E-state index < -0.39 is 78.6 Å². The van der Waals surface area contributed by atoms with Gasteiger partial charge >= 0.3 is 16.1 Å². The van der Waals surface area contributed by atoms with Crippen LogP contribution >= 0.6 is 0 Å². The van der Waals surface area contributed by atoms with Crippen LogP contribution in [0.5, 0.6) is 0 Å². The van der Waals surface area contributed by atoms with Crippen LogP contribution in [0.2, 0.25) is 0 Å². The number of fused-ring (bicyclic) bond motifs is 2. The molecule has 2 aromatic carbocycles. The smallest absolute Gasteiger partial charge is 0.336 e. The second-order valence-electron chi connectivity index (χ2n) is 12.9. The lowest BCUT2D eigenvalue weighted by atomic mass is 9.80. The zero-order chi connectivity index (χ0) is 37.8. The number of benzene rings is 2. The van der Waals surface area contributed by atoms with Gasteiger partial charge in [-0.1, -0.05) is 26.0 Å². The maximum atomic E-state index is 12.6. The van der Waals surface area contributed by atoms with Crippen molar-refractivity contribution in [1.29, 1.82) is 0 Å². The molecule has 0 spiro atoms. The minimum atomic E-state index is -5.14. The molecule has 5 N–H and O–H groups in total. The Hall–Kier alpha value is -3.50. The van der Waals surface area contributed by atoms with Crippen LogP contribution in [0.1, 0.15) is 62.0 Å². The molecule has 0 amide bonds. The molecule has 0 aromatic heterocycles. The van der Waals surface area contributed by atoms with E-state index in [1.807, 2.05) is 0 Å². The molecule has 0 aliphatic carbocycles. The fourth-order valence-electron chi connectivity index (χ4n) is 6.58. The SMILES string of the molecule is CC1(C)C(/C=C/C=C2/N(CCCS(=O)(=O)O)c3cccc(C(=O)O)c3C2(C)C)=[N+](CCCS(=O)(=O)O)c2c1cc(S(=O)(=O)O)cc2S(=O)(=O)O. The van der Waals surface area contributed by atoms with E-state index in [1.165, 1.54) is 22.8 Å². The highest BCUT2D eigenvalue weighted by molar-refractivity contribution is 7.87. The van der Waals surface area contributed by atoms with E-state index >= 15 is 0 Å². The van der Waals surface area contributed by atoms with Crippen LogP contribution < -0.4 is 4.90 Å². The zero-order valence-electron chi connectivity index (χ0n) is 27.3. The summed E-state index contributed by atoms with van der Waals surface area (Å²) in [6, 6.07) is 6.26. The predicted molar refractivity (Wildman–Crippen MR) is 182 cm³/mol.